The summed E-state index contributed by atoms with van der Waals surface area (Å²) in [6, 6.07) is 13.6. The molecule has 3 N–H and O–H groups in total. The fourth-order valence-electron chi connectivity index (χ4n) is 2.44. The summed E-state index contributed by atoms with van der Waals surface area (Å²) >= 11 is 0. The van der Waals surface area contributed by atoms with Crippen LogP contribution in [-0.2, 0) is 11.0 Å². The van der Waals surface area contributed by atoms with Crippen molar-refractivity contribution in [2.45, 2.75) is 13.1 Å². The summed E-state index contributed by atoms with van der Waals surface area (Å²) in [4.78, 5) is 19.2. The van der Waals surface area contributed by atoms with Crippen molar-refractivity contribution >= 4 is 34.7 Å². The highest BCUT2D eigenvalue weighted by molar-refractivity contribution is 5.88. The smallest absolute Gasteiger partial charge is 0.340 e. The number of alkyl halides is 3. The van der Waals surface area contributed by atoms with Crippen LogP contribution >= 0.6 is 0 Å². The number of nitrogens with zero attached hydrogens (tertiary/aromatic N) is 2. The minimum absolute atomic E-state index is 0.0246. The lowest BCUT2D eigenvalue weighted by Crippen LogP contribution is -2.09. The molecular weight excluding hydrogens is 371 g/mol. The zero-order chi connectivity index (χ0) is 20.1. The fraction of sp³-hybridized carbons (Fsp3) is 0.105. The highest BCUT2D eigenvalue weighted by Crippen LogP contribution is 2.35. The predicted octanol–water partition coefficient (Wildman–Crippen LogP) is 4.94. The number of carbonyl (C=O) groups excluding carboxylic acids is 1. The van der Waals surface area contributed by atoms with Crippen LogP contribution in [0.3, 0.4) is 0 Å². The molecule has 0 atom stereocenters. The van der Waals surface area contributed by atoms with Crippen LogP contribution in [0.2, 0.25) is 0 Å². The molecule has 1 amide bonds. The molecule has 0 aliphatic rings. The second-order valence-electron chi connectivity index (χ2n) is 5.82. The molecule has 0 saturated heterocycles. The van der Waals surface area contributed by atoms with E-state index in [2.05, 4.69) is 25.9 Å². The Bertz CT molecular complexity index is 974. The Morgan fingerprint density at radius 1 is 0.929 bits per heavy atom. The Kier molecular flexibility index (Phi) is 5.44. The van der Waals surface area contributed by atoms with E-state index in [0.717, 1.165) is 6.07 Å². The number of hydrogen-bond donors (Lipinski definition) is 3. The van der Waals surface area contributed by atoms with Crippen molar-refractivity contribution in [2.24, 2.45) is 0 Å². The van der Waals surface area contributed by atoms with Crippen molar-refractivity contribution < 1.29 is 18.0 Å². The standard InChI is InChI=1S/C19H16F3N5O/c1-12(28)24-13-6-8-14(9-7-13)25-17-10-11-23-18(27-17)26-16-5-3-2-4-15(16)19(20,21)22/h2-11H,1H3,(H,24,28)(H2,23,25,26,27). The molecule has 144 valence electrons. The quantitative estimate of drug-likeness (QED) is 0.578. The number of carbonyl (C=O) groups is 1. The Morgan fingerprint density at radius 3 is 2.29 bits per heavy atom. The minimum atomic E-state index is -4.49. The second-order valence-corrected chi connectivity index (χ2v) is 5.82. The van der Waals surface area contributed by atoms with Crippen molar-refractivity contribution in [1.82, 2.24) is 9.97 Å². The van der Waals surface area contributed by atoms with Gasteiger partial charge in [0.1, 0.15) is 5.82 Å². The number of amides is 1. The highest BCUT2D eigenvalue weighted by atomic mass is 19.4. The van der Waals surface area contributed by atoms with E-state index in [1.165, 1.54) is 31.3 Å². The first kappa shape index (κ1) is 19.2. The maximum Gasteiger partial charge on any atom is 0.418 e. The number of hydrogen-bond acceptors (Lipinski definition) is 5. The zero-order valence-corrected chi connectivity index (χ0v) is 14.7. The third kappa shape index (κ3) is 4.97. The lowest BCUT2D eigenvalue weighted by atomic mass is 10.1. The summed E-state index contributed by atoms with van der Waals surface area (Å²) in [7, 11) is 0. The van der Waals surface area contributed by atoms with E-state index < -0.39 is 11.7 Å². The summed E-state index contributed by atoms with van der Waals surface area (Å²) in [6.45, 7) is 1.42. The molecule has 3 aromatic rings. The summed E-state index contributed by atoms with van der Waals surface area (Å²) in [5.74, 6) is 0.247. The van der Waals surface area contributed by atoms with E-state index in [9.17, 15) is 18.0 Å². The van der Waals surface area contributed by atoms with Crippen molar-refractivity contribution in [3.05, 3.63) is 66.4 Å². The number of halogens is 3. The SMILES string of the molecule is CC(=O)Nc1ccc(Nc2ccnc(Nc3ccccc3C(F)(F)F)n2)cc1. The Labute approximate surface area is 158 Å². The number of benzene rings is 2. The third-order valence-electron chi connectivity index (χ3n) is 3.61. The van der Waals surface area contributed by atoms with E-state index >= 15 is 0 Å². The van der Waals surface area contributed by atoms with Crippen LogP contribution in [0.25, 0.3) is 0 Å². The molecule has 0 aliphatic carbocycles. The minimum Gasteiger partial charge on any atom is -0.340 e. The molecule has 0 radical (unpaired) electrons. The maximum absolute atomic E-state index is 13.1. The van der Waals surface area contributed by atoms with Crippen LogP contribution in [0.15, 0.2) is 60.8 Å². The first-order valence-corrected chi connectivity index (χ1v) is 8.22. The topological polar surface area (TPSA) is 78.9 Å². The molecular formula is C19H16F3N5O. The molecule has 0 fully saturated rings. The summed E-state index contributed by atoms with van der Waals surface area (Å²) in [5.41, 5.74) is 0.402. The largest absolute Gasteiger partial charge is 0.418 e. The van der Waals surface area contributed by atoms with Gasteiger partial charge in [0.25, 0.3) is 0 Å². The highest BCUT2D eigenvalue weighted by Gasteiger charge is 2.33. The Balaban J connectivity index is 1.76. The summed E-state index contributed by atoms with van der Waals surface area (Å²) in [6.07, 6.45) is -3.06. The molecule has 0 unspecified atom stereocenters. The van der Waals surface area contributed by atoms with Crippen LogP contribution in [0.5, 0.6) is 0 Å². The van der Waals surface area contributed by atoms with Crippen molar-refractivity contribution in [3.8, 4) is 0 Å². The monoisotopic (exact) mass is 387 g/mol. The van der Waals surface area contributed by atoms with Crippen LogP contribution in [0.1, 0.15) is 12.5 Å². The van der Waals surface area contributed by atoms with Gasteiger partial charge in [-0.15, -0.1) is 0 Å². The van der Waals surface area contributed by atoms with Crippen molar-refractivity contribution in [3.63, 3.8) is 0 Å². The number of anilines is 5. The summed E-state index contributed by atoms with van der Waals surface area (Å²) < 4.78 is 39.3. The van der Waals surface area contributed by atoms with Gasteiger partial charge in [-0.1, -0.05) is 12.1 Å². The molecule has 0 aliphatic heterocycles. The summed E-state index contributed by atoms with van der Waals surface area (Å²) in [5, 5.41) is 8.29. The Hall–Kier alpha value is -3.62. The van der Waals surface area contributed by atoms with Gasteiger partial charge in [0, 0.05) is 24.5 Å². The van der Waals surface area contributed by atoms with E-state index in [1.807, 2.05) is 0 Å². The lowest BCUT2D eigenvalue weighted by Gasteiger charge is -2.14. The molecule has 3 rings (SSSR count). The van der Waals surface area contributed by atoms with Gasteiger partial charge in [0.05, 0.1) is 11.3 Å². The number of para-hydroxylation sites is 1. The molecule has 0 saturated carbocycles. The van der Waals surface area contributed by atoms with E-state index in [4.69, 9.17) is 0 Å². The number of aromatic nitrogens is 2. The van der Waals surface area contributed by atoms with E-state index in [1.54, 1.807) is 30.3 Å². The van der Waals surface area contributed by atoms with Crippen LogP contribution in [0.4, 0.5) is 42.0 Å². The maximum atomic E-state index is 13.1. The number of nitrogens with one attached hydrogen (secondary N) is 3. The number of rotatable bonds is 5. The van der Waals surface area contributed by atoms with Gasteiger partial charge in [0.15, 0.2) is 0 Å². The van der Waals surface area contributed by atoms with Gasteiger partial charge in [-0.3, -0.25) is 4.79 Å². The average Bonchev–Trinajstić information content (AvgIpc) is 2.63. The third-order valence-corrected chi connectivity index (χ3v) is 3.61. The second kappa shape index (κ2) is 7.95. The van der Waals surface area contributed by atoms with Crippen molar-refractivity contribution in [2.75, 3.05) is 16.0 Å². The molecule has 2 aromatic carbocycles. The van der Waals surface area contributed by atoms with Gasteiger partial charge in [0.2, 0.25) is 11.9 Å². The van der Waals surface area contributed by atoms with Crippen molar-refractivity contribution in [1.29, 1.82) is 0 Å². The molecule has 1 heterocycles. The Morgan fingerprint density at radius 2 is 1.61 bits per heavy atom. The predicted molar refractivity (Wildman–Crippen MR) is 101 cm³/mol. The van der Waals surface area contributed by atoms with Crippen LogP contribution in [-0.4, -0.2) is 15.9 Å². The van der Waals surface area contributed by atoms with Crippen LogP contribution < -0.4 is 16.0 Å². The lowest BCUT2D eigenvalue weighted by molar-refractivity contribution is -0.136. The first-order valence-electron chi connectivity index (χ1n) is 8.22. The van der Waals surface area contributed by atoms with E-state index in [-0.39, 0.29) is 17.5 Å². The van der Waals surface area contributed by atoms with Gasteiger partial charge in [-0.2, -0.15) is 18.2 Å². The molecule has 6 nitrogen and oxygen atoms in total. The molecule has 0 spiro atoms. The molecule has 1 aromatic heterocycles. The first-order chi connectivity index (χ1) is 13.3. The molecule has 28 heavy (non-hydrogen) atoms. The van der Waals surface area contributed by atoms with Gasteiger partial charge in [-0.05, 0) is 42.5 Å². The van der Waals surface area contributed by atoms with Gasteiger partial charge >= 0.3 is 6.18 Å². The fourth-order valence-corrected chi connectivity index (χ4v) is 2.44. The zero-order valence-electron chi connectivity index (χ0n) is 14.7. The molecule has 9 heteroatoms. The normalized spacial score (nSPS) is 11.0. The van der Waals surface area contributed by atoms with E-state index in [0.29, 0.717) is 17.2 Å². The van der Waals surface area contributed by atoms with Gasteiger partial charge in [-0.25, -0.2) is 4.98 Å². The molecule has 0 bridgehead atoms. The van der Waals surface area contributed by atoms with Gasteiger partial charge < -0.3 is 16.0 Å². The average molecular weight is 387 g/mol. The van der Waals surface area contributed by atoms with Crippen LogP contribution in [0, 0.1) is 0 Å².